The Balaban J connectivity index is 1.17. The van der Waals surface area contributed by atoms with E-state index in [0.29, 0.717) is 38.4 Å². The highest BCUT2D eigenvalue weighted by Gasteiger charge is 2.25. The number of urea groups is 1. The van der Waals surface area contributed by atoms with Gasteiger partial charge in [-0.3, -0.25) is 14.6 Å². The van der Waals surface area contributed by atoms with Crippen molar-refractivity contribution in [3.63, 3.8) is 0 Å². The number of amides is 4. The summed E-state index contributed by atoms with van der Waals surface area (Å²) in [4.78, 5) is 47.8. The summed E-state index contributed by atoms with van der Waals surface area (Å²) >= 11 is 0. The lowest BCUT2D eigenvalue weighted by Gasteiger charge is -2.34. The van der Waals surface area contributed by atoms with Crippen LogP contribution in [0.15, 0.2) is 54.7 Å². The smallest absolute Gasteiger partial charge is 0.317 e. The second-order valence-corrected chi connectivity index (χ2v) is 7.63. The van der Waals surface area contributed by atoms with E-state index in [0.717, 1.165) is 16.6 Å². The minimum Gasteiger partial charge on any atom is -0.351 e. The second-order valence-electron chi connectivity index (χ2n) is 7.63. The van der Waals surface area contributed by atoms with Crippen LogP contribution in [0, 0.1) is 0 Å². The zero-order valence-corrected chi connectivity index (χ0v) is 17.7. The van der Waals surface area contributed by atoms with Crippen molar-refractivity contribution in [2.45, 2.75) is 13.0 Å². The molecular formula is C23H26N6O3. The SMILES string of the molecule is O=C(CCNC(=O)N1CCN(C(=O)c2cc3ccccc3[nH]2)CC1)NCc1ccccn1. The lowest BCUT2D eigenvalue weighted by Crippen LogP contribution is -2.53. The number of carbonyl (C=O) groups is 3. The molecule has 1 fully saturated rings. The Labute approximate surface area is 185 Å². The van der Waals surface area contributed by atoms with Crippen LogP contribution in [0.4, 0.5) is 4.79 Å². The minimum absolute atomic E-state index is 0.0640. The van der Waals surface area contributed by atoms with Gasteiger partial charge in [-0.25, -0.2) is 4.79 Å². The predicted octanol–water partition coefficient (Wildman–Crippen LogP) is 1.74. The van der Waals surface area contributed by atoms with E-state index >= 15 is 0 Å². The van der Waals surface area contributed by atoms with Crippen molar-refractivity contribution < 1.29 is 14.4 Å². The van der Waals surface area contributed by atoms with Gasteiger partial charge < -0.3 is 25.4 Å². The molecule has 1 saturated heterocycles. The van der Waals surface area contributed by atoms with Gasteiger partial charge in [0.05, 0.1) is 12.2 Å². The molecule has 1 aliphatic heterocycles. The fourth-order valence-electron chi connectivity index (χ4n) is 3.65. The van der Waals surface area contributed by atoms with E-state index in [1.807, 2.05) is 48.5 Å². The van der Waals surface area contributed by atoms with Gasteiger partial charge in [0.25, 0.3) is 5.91 Å². The number of rotatable bonds is 6. The first-order chi connectivity index (χ1) is 15.6. The number of nitrogens with zero attached hydrogens (tertiary/aromatic N) is 3. The van der Waals surface area contributed by atoms with Crippen molar-refractivity contribution in [3.05, 3.63) is 66.1 Å². The lowest BCUT2D eigenvalue weighted by molar-refractivity contribution is -0.121. The predicted molar refractivity (Wildman–Crippen MR) is 120 cm³/mol. The van der Waals surface area contributed by atoms with Gasteiger partial charge in [-0.1, -0.05) is 24.3 Å². The van der Waals surface area contributed by atoms with E-state index in [4.69, 9.17) is 0 Å². The number of pyridine rings is 1. The molecule has 4 rings (SSSR count). The number of piperazine rings is 1. The van der Waals surface area contributed by atoms with Gasteiger partial charge in [0, 0.05) is 56.2 Å². The van der Waals surface area contributed by atoms with E-state index in [2.05, 4.69) is 20.6 Å². The maximum Gasteiger partial charge on any atom is 0.317 e. The maximum atomic E-state index is 12.8. The first-order valence-electron chi connectivity index (χ1n) is 10.7. The Bertz CT molecular complexity index is 1060. The molecule has 3 aromatic rings. The van der Waals surface area contributed by atoms with Gasteiger partial charge in [0.15, 0.2) is 0 Å². The van der Waals surface area contributed by atoms with Crippen LogP contribution in [0.5, 0.6) is 0 Å². The summed E-state index contributed by atoms with van der Waals surface area (Å²) < 4.78 is 0. The van der Waals surface area contributed by atoms with Crippen molar-refractivity contribution >= 4 is 28.7 Å². The van der Waals surface area contributed by atoms with Crippen molar-refractivity contribution in [1.29, 1.82) is 0 Å². The molecule has 0 saturated carbocycles. The van der Waals surface area contributed by atoms with Crippen LogP contribution in [0.2, 0.25) is 0 Å². The topological polar surface area (TPSA) is 110 Å². The number of hydrogen-bond donors (Lipinski definition) is 3. The first kappa shape index (κ1) is 21.4. The molecule has 4 amide bonds. The van der Waals surface area contributed by atoms with Crippen LogP contribution in [0.3, 0.4) is 0 Å². The summed E-state index contributed by atoms with van der Waals surface area (Å²) in [5, 5.41) is 6.56. The molecular weight excluding hydrogens is 408 g/mol. The fourth-order valence-corrected chi connectivity index (χ4v) is 3.65. The first-order valence-corrected chi connectivity index (χ1v) is 10.7. The number of aromatic amines is 1. The molecule has 1 aliphatic rings. The minimum atomic E-state index is -0.222. The van der Waals surface area contributed by atoms with Crippen LogP contribution < -0.4 is 10.6 Å². The van der Waals surface area contributed by atoms with Crippen molar-refractivity contribution in [2.24, 2.45) is 0 Å². The van der Waals surface area contributed by atoms with Gasteiger partial charge in [0.2, 0.25) is 5.91 Å². The number of H-pyrrole nitrogens is 1. The summed E-state index contributed by atoms with van der Waals surface area (Å²) in [6.45, 7) is 2.44. The molecule has 9 nitrogen and oxygen atoms in total. The molecule has 0 atom stereocenters. The van der Waals surface area contributed by atoms with Crippen LogP contribution in [-0.2, 0) is 11.3 Å². The van der Waals surface area contributed by atoms with Crippen LogP contribution in [0.25, 0.3) is 10.9 Å². The summed E-state index contributed by atoms with van der Waals surface area (Å²) in [6, 6.07) is 14.9. The normalized spacial score (nSPS) is 13.8. The Kier molecular flexibility index (Phi) is 6.64. The number of nitrogens with one attached hydrogen (secondary N) is 3. The zero-order valence-electron chi connectivity index (χ0n) is 17.7. The van der Waals surface area contributed by atoms with Gasteiger partial charge >= 0.3 is 6.03 Å². The van der Waals surface area contributed by atoms with Gasteiger partial charge in [0.1, 0.15) is 5.69 Å². The zero-order chi connectivity index (χ0) is 22.3. The summed E-state index contributed by atoms with van der Waals surface area (Å²) in [5.74, 6) is -0.212. The number of para-hydroxylation sites is 1. The molecule has 32 heavy (non-hydrogen) atoms. The largest absolute Gasteiger partial charge is 0.351 e. The van der Waals surface area contributed by atoms with Crippen LogP contribution in [-0.4, -0.2) is 70.3 Å². The quantitative estimate of drug-likeness (QED) is 0.549. The van der Waals surface area contributed by atoms with Crippen molar-refractivity contribution in [3.8, 4) is 0 Å². The van der Waals surface area contributed by atoms with Crippen molar-refractivity contribution in [2.75, 3.05) is 32.7 Å². The monoisotopic (exact) mass is 434 g/mol. The summed E-state index contributed by atoms with van der Waals surface area (Å²) in [5.41, 5.74) is 2.27. The third kappa shape index (κ3) is 5.23. The van der Waals surface area contributed by atoms with Crippen LogP contribution >= 0.6 is 0 Å². The average Bonchev–Trinajstić information content (AvgIpc) is 3.27. The highest BCUT2D eigenvalue weighted by atomic mass is 16.2. The number of carbonyl (C=O) groups excluding carboxylic acids is 3. The molecule has 0 spiro atoms. The summed E-state index contributed by atoms with van der Waals surface area (Å²) in [6.07, 6.45) is 1.87. The Hall–Kier alpha value is -3.88. The highest BCUT2D eigenvalue weighted by Crippen LogP contribution is 2.17. The molecule has 0 radical (unpaired) electrons. The van der Waals surface area contributed by atoms with E-state index in [1.165, 1.54) is 0 Å². The Morgan fingerprint density at radius 3 is 2.44 bits per heavy atom. The van der Waals surface area contributed by atoms with Crippen molar-refractivity contribution in [1.82, 2.24) is 30.4 Å². The summed E-state index contributed by atoms with van der Waals surface area (Å²) in [7, 11) is 0. The molecule has 0 bridgehead atoms. The highest BCUT2D eigenvalue weighted by molar-refractivity contribution is 5.98. The Morgan fingerprint density at radius 2 is 1.69 bits per heavy atom. The van der Waals surface area contributed by atoms with Gasteiger partial charge in [-0.05, 0) is 24.3 Å². The number of aromatic nitrogens is 2. The van der Waals surface area contributed by atoms with Gasteiger partial charge in [-0.15, -0.1) is 0 Å². The lowest BCUT2D eigenvalue weighted by atomic mass is 10.2. The molecule has 166 valence electrons. The Morgan fingerprint density at radius 1 is 0.938 bits per heavy atom. The second kappa shape index (κ2) is 9.95. The molecule has 0 unspecified atom stereocenters. The van der Waals surface area contributed by atoms with E-state index in [-0.39, 0.29) is 30.8 Å². The van der Waals surface area contributed by atoms with Crippen LogP contribution in [0.1, 0.15) is 22.6 Å². The van der Waals surface area contributed by atoms with E-state index in [1.54, 1.807) is 16.0 Å². The molecule has 3 N–H and O–H groups in total. The van der Waals surface area contributed by atoms with E-state index < -0.39 is 0 Å². The van der Waals surface area contributed by atoms with E-state index in [9.17, 15) is 14.4 Å². The molecule has 2 aromatic heterocycles. The number of hydrogen-bond acceptors (Lipinski definition) is 4. The third-order valence-corrected chi connectivity index (χ3v) is 5.44. The molecule has 9 heteroatoms. The van der Waals surface area contributed by atoms with Gasteiger partial charge in [-0.2, -0.15) is 0 Å². The maximum absolute atomic E-state index is 12.8. The molecule has 3 heterocycles. The average molecular weight is 435 g/mol. The number of benzene rings is 1. The molecule has 1 aromatic carbocycles. The number of fused-ring (bicyclic) bond motifs is 1. The standard InChI is InChI=1S/C23H26N6O3/c30-21(26-16-18-6-3-4-9-24-18)8-10-25-23(32)29-13-11-28(12-14-29)22(31)20-15-17-5-1-2-7-19(17)27-20/h1-7,9,15,27H,8,10-14,16H2,(H,25,32)(H,26,30). The third-order valence-electron chi connectivity index (χ3n) is 5.44. The fraction of sp³-hybridized carbons (Fsp3) is 0.304. The molecule has 0 aliphatic carbocycles.